The monoisotopic (exact) mass is 423 g/mol. The Balaban J connectivity index is 1.74. The lowest BCUT2D eigenvalue weighted by molar-refractivity contribution is 0.277. The van der Waals surface area contributed by atoms with E-state index < -0.39 is 0 Å². The molecule has 0 bridgehead atoms. The van der Waals surface area contributed by atoms with Crippen LogP contribution in [0.3, 0.4) is 0 Å². The third-order valence-corrected chi connectivity index (χ3v) is 6.16. The fourth-order valence-corrected chi connectivity index (χ4v) is 4.55. The first-order chi connectivity index (χ1) is 14.5. The lowest BCUT2D eigenvalue weighted by atomic mass is 9.97. The molecular formula is C23H29N5OS. The highest BCUT2D eigenvalue weighted by molar-refractivity contribution is 7.80. The van der Waals surface area contributed by atoms with Crippen molar-refractivity contribution in [2.24, 2.45) is 0 Å². The molecule has 0 saturated carbocycles. The van der Waals surface area contributed by atoms with E-state index in [9.17, 15) is 0 Å². The summed E-state index contributed by atoms with van der Waals surface area (Å²) in [5, 5.41) is 4.33. The lowest BCUT2D eigenvalue weighted by Crippen LogP contribution is -2.35. The van der Waals surface area contributed by atoms with Gasteiger partial charge in [-0.3, -0.25) is 4.98 Å². The summed E-state index contributed by atoms with van der Waals surface area (Å²) in [6.07, 6.45) is 3.57. The Morgan fingerprint density at radius 1 is 1.20 bits per heavy atom. The molecule has 158 valence electrons. The number of hydrogen-bond donors (Lipinski definition) is 1. The molecule has 1 aliphatic heterocycles. The van der Waals surface area contributed by atoms with E-state index in [1.165, 1.54) is 17.0 Å². The zero-order chi connectivity index (χ0) is 21.3. The van der Waals surface area contributed by atoms with Crippen LogP contribution in [-0.2, 0) is 6.54 Å². The van der Waals surface area contributed by atoms with Crippen LogP contribution < -0.4 is 5.32 Å². The number of nitrogens with one attached hydrogen (secondary N) is 1. The van der Waals surface area contributed by atoms with E-state index in [0.29, 0.717) is 0 Å². The van der Waals surface area contributed by atoms with Gasteiger partial charge in [0.2, 0.25) is 0 Å². The maximum absolute atomic E-state index is 5.77. The van der Waals surface area contributed by atoms with Crippen molar-refractivity contribution in [2.75, 3.05) is 27.2 Å². The van der Waals surface area contributed by atoms with Gasteiger partial charge in [-0.15, -0.1) is 0 Å². The molecule has 0 unspecified atom stereocenters. The second kappa shape index (κ2) is 8.62. The zero-order valence-corrected chi connectivity index (χ0v) is 18.8. The van der Waals surface area contributed by atoms with Crippen molar-refractivity contribution in [1.82, 2.24) is 24.7 Å². The topological polar surface area (TPSA) is 49.5 Å². The molecule has 7 heteroatoms. The van der Waals surface area contributed by atoms with Crippen LogP contribution in [-0.4, -0.2) is 51.6 Å². The average molecular weight is 424 g/mol. The molecule has 2 atom stereocenters. The minimum atomic E-state index is 0.0124. The van der Waals surface area contributed by atoms with E-state index in [-0.39, 0.29) is 12.1 Å². The van der Waals surface area contributed by atoms with Gasteiger partial charge < -0.3 is 24.1 Å². The summed E-state index contributed by atoms with van der Waals surface area (Å²) in [4.78, 5) is 9.14. The number of rotatable bonds is 7. The van der Waals surface area contributed by atoms with Gasteiger partial charge in [-0.25, -0.2) is 0 Å². The van der Waals surface area contributed by atoms with Gasteiger partial charge in [0.15, 0.2) is 5.11 Å². The van der Waals surface area contributed by atoms with Gasteiger partial charge in [-0.1, -0.05) is 6.07 Å². The number of aryl methyl sites for hydroxylation is 1. The molecule has 0 radical (unpaired) electrons. The predicted octanol–water partition coefficient (Wildman–Crippen LogP) is 3.68. The Morgan fingerprint density at radius 2 is 2.03 bits per heavy atom. The van der Waals surface area contributed by atoms with E-state index >= 15 is 0 Å². The molecule has 4 rings (SSSR count). The summed E-state index contributed by atoms with van der Waals surface area (Å²) in [6, 6.07) is 12.4. The van der Waals surface area contributed by atoms with Crippen molar-refractivity contribution in [3.05, 3.63) is 77.3 Å². The van der Waals surface area contributed by atoms with E-state index in [0.717, 1.165) is 36.2 Å². The maximum atomic E-state index is 5.77. The highest BCUT2D eigenvalue weighted by Gasteiger charge is 2.41. The fraction of sp³-hybridized carbons (Fsp3) is 0.391. The molecule has 1 N–H and O–H groups in total. The summed E-state index contributed by atoms with van der Waals surface area (Å²) in [6.45, 7) is 6.85. The third kappa shape index (κ3) is 4.00. The predicted molar refractivity (Wildman–Crippen MR) is 122 cm³/mol. The summed E-state index contributed by atoms with van der Waals surface area (Å²) < 4.78 is 7.91. The molecule has 0 aliphatic carbocycles. The van der Waals surface area contributed by atoms with Gasteiger partial charge in [-0.05, 0) is 76.1 Å². The average Bonchev–Trinajstić information content (AvgIpc) is 3.42. The van der Waals surface area contributed by atoms with Crippen LogP contribution in [0, 0.1) is 13.8 Å². The minimum absolute atomic E-state index is 0.0124. The molecule has 0 spiro atoms. The van der Waals surface area contributed by atoms with Crippen molar-refractivity contribution in [3.8, 4) is 0 Å². The van der Waals surface area contributed by atoms with Gasteiger partial charge >= 0.3 is 0 Å². The Labute approximate surface area is 183 Å². The van der Waals surface area contributed by atoms with Crippen molar-refractivity contribution in [2.45, 2.75) is 32.5 Å². The maximum Gasteiger partial charge on any atom is 0.170 e. The SMILES string of the molecule is Cc1cc([C@H]2[C@H](c3ccccn3)NC(=S)N2CCN(C)C)c(C)n1Cc1ccco1. The number of thiocarbonyl (C=S) groups is 1. The summed E-state index contributed by atoms with van der Waals surface area (Å²) in [7, 11) is 4.18. The van der Waals surface area contributed by atoms with Crippen molar-refractivity contribution >= 4 is 17.3 Å². The van der Waals surface area contributed by atoms with E-state index in [2.05, 4.69) is 64.7 Å². The second-order valence-electron chi connectivity index (χ2n) is 8.12. The number of likely N-dealkylation sites (N-methyl/N-ethyl adjacent to an activating group) is 1. The minimum Gasteiger partial charge on any atom is -0.467 e. The van der Waals surface area contributed by atoms with Crippen molar-refractivity contribution in [1.29, 1.82) is 0 Å². The molecule has 30 heavy (non-hydrogen) atoms. The van der Waals surface area contributed by atoms with E-state index in [1.54, 1.807) is 6.26 Å². The van der Waals surface area contributed by atoms with Crippen molar-refractivity contribution in [3.63, 3.8) is 0 Å². The molecule has 0 amide bonds. The second-order valence-corrected chi connectivity index (χ2v) is 8.50. The van der Waals surface area contributed by atoms with Crippen molar-refractivity contribution < 1.29 is 4.42 Å². The summed E-state index contributed by atoms with van der Waals surface area (Å²) in [5.41, 5.74) is 4.73. The standard InChI is InChI=1S/C23H29N5OS/c1-16-14-19(17(2)28(16)15-18-8-7-13-29-18)22-21(20-9-5-6-10-24-20)25-23(30)27(22)12-11-26(3)4/h5-10,13-14,21-22H,11-12,15H2,1-4H3,(H,25,30)/t21-,22-/m0/s1. The van der Waals surface area contributed by atoms with Crippen LogP contribution in [0.4, 0.5) is 0 Å². The highest BCUT2D eigenvalue weighted by Crippen LogP contribution is 2.40. The largest absolute Gasteiger partial charge is 0.467 e. The molecule has 4 heterocycles. The number of hydrogen-bond acceptors (Lipinski definition) is 4. The first-order valence-electron chi connectivity index (χ1n) is 10.3. The van der Waals surface area contributed by atoms with E-state index in [4.69, 9.17) is 16.6 Å². The number of furan rings is 1. The van der Waals surface area contributed by atoms with Crippen LogP contribution in [0.2, 0.25) is 0 Å². The number of pyridine rings is 1. The van der Waals surface area contributed by atoms with Gasteiger partial charge in [0, 0.05) is 30.7 Å². The Hall–Kier alpha value is -2.64. The molecule has 1 saturated heterocycles. The lowest BCUT2D eigenvalue weighted by Gasteiger charge is -2.29. The highest BCUT2D eigenvalue weighted by atomic mass is 32.1. The van der Waals surface area contributed by atoms with Crippen LogP contribution in [0.25, 0.3) is 0 Å². The molecule has 3 aromatic rings. The molecule has 3 aromatic heterocycles. The fourth-order valence-electron chi connectivity index (χ4n) is 4.22. The van der Waals surface area contributed by atoms with Gasteiger partial charge in [0.05, 0.1) is 30.6 Å². The molecule has 6 nitrogen and oxygen atoms in total. The van der Waals surface area contributed by atoms with Gasteiger partial charge in [0.25, 0.3) is 0 Å². The molecular weight excluding hydrogens is 394 g/mol. The van der Waals surface area contributed by atoms with Crippen LogP contribution in [0.1, 0.15) is 40.5 Å². The first kappa shape index (κ1) is 20.6. The first-order valence-corrected chi connectivity index (χ1v) is 10.7. The Morgan fingerprint density at radius 3 is 2.70 bits per heavy atom. The van der Waals surface area contributed by atoms with Crippen LogP contribution >= 0.6 is 12.2 Å². The van der Waals surface area contributed by atoms with Gasteiger partial charge in [-0.2, -0.15) is 0 Å². The molecule has 1 fully saturated rings. The Kier molecular flexibility index (Phi) is 5.92. The number of aromatic nitrogens is 2. The normalized spacial score (nSPS) is 19.0. The van der Waals surface area contributed by atoms with Crippen LogP contribution in [0.15, 0.2) is 53.3 Å². The van der Waals surface area contributed by atoms with E-state index in [1.807, 2.05) is 30.5 Å². The summed E-state index contributed by atoms with van der Waals surface area (Å²) in [5.74, 6) is 0.953. The van der Waals surface area contributed by atoms with Crippen LogP contribution in [0.5, 0.6) is 0 Å². The summed E-state index contributed by atoms with van der Waals surface area (Å²) >= 11 is 5.77. The Bertz CT molecular complexity index is 996. The molecule has 0 aromatic carbocycles. The molecule has 1 aliphatic rings. The smallest absolute Gasteiger partial charge is 0.170 e. The van der Waals surface area contributed by atoms with Gasteiger partial charge in [0.1, 0.15) is 5.76 Å². The quantitative estimate of drug-likeness (QED) is 0.585. The number of nitrogens with zero attached hydrogens (tertiary/aromatic N) is 4. The zero-order valence-electron chi connectivity index (χ0n) is 18.0. The third-order valence-electron chi connectivity index (χ3n) is 5.81.